The van der Waals surface area contributed by atoms with Gasteiger partial charge in [-0.2, -0.15) is 5.26 Å². The average molecular weight is 543 g/mol. The van der Waals surface area contributed by atoms with E-state index in [-0.39, 0.29) is 11.8 Å². The molecule has 0 aromatic heterocycles. The van der Waals surface area contributed by atoms with Gasteiger partial charge in [0.1, 0.15) is 10.8 Å². The number of benzene rings is 4. The van der Waals surface area contributed by atoms with Gasteiger partial charge in [-0.15, -0.1) is 0 Å². The number of nitrogens with one attached hydrogen (secondary N) is 2. The molecule has 4 aromatic carbocycles. The SMILES string of the molecule is N#CC(c1ccccc1)(c1ccccc1)[C@@H]1CCNC1.NC(=O)C(c1ccccc1)(c1ccccc1)[C@@H]1CCNC1. The fourth-order valence-corrected chi connectivity index (χ4v) is 6.83. The van der Waals surface area contributed by atoms with E-state index in [1.54, 1.807) is 0 Å². The van der Waals surface area contributed by atoms with Crippen LogP contribution in [0.15, 0.2) is 121 Å². The average Bonchev–Trinajstić information content (AvgIpc) is 3.77. The molecule has 0 spiro atoms. The van der Waals surface area contributed by atoms with E-state index in [9.17, 15) is 10.1 Å². The lowest BCUT2D eigenvalue weighted by Gasteiger charge is -2.37. The van der Waals surface area contributed by atoms with E-state index >= 15 is 0 Å². The van der Waals surface area contributed by atoms with Crippen LogP contribution in [0.4, 0.5) is 0 Å². The summed E-state index contributed by atoms with van der Waals surface area (Å²) in [6.07, 6.45) is 1.99. The van der Waals surface area contributed by atoms with Gasteiger partial charge in [0.25, 0.3) is 0 Å². The monoisotopic (exact) mass is 542 g/mol. The number of nitriles is 1. The summed E-state index contributed by atoms with van der Waals surface area (Å²) in [5, 5.41) is 16.8. The number of nitrogens with zero attached hydrogens (tertiary/aromatic N) is 1. The van der Waals surface area contributed by atoms with Gasteiger partial charge in [0.05, 0.1) is 6.07 Å². The van der Waals surface area contributed by atoms with Gasteiger partial charge >= 0.3 is 0 Å². The van der Waals surface area contributed by atoms with Gasteiger partial charge in [0, 0.05) is 6.54 Å². The standard InChI is InChI=1S/C18H20N2O.C18H18N2/c19-17(21)18(16-11-12-20-13-16,14-7-3-1-4-8-14)15-9-5-2-6-10-15;19-14-18(17-11-12-20-13-17,15-7-3-1-4-8-15)16-9-5-2-6-10-16/h1-10,16,20H,11-13H2,(H2,19,21);1-10,17,20H,11-13H2/t16-;17-/m11/s1. The first-order valence-electron chi connectivity index (χ1n) is 14.5. The zero-order valence-corrected chi connectivity index (χ0v) is 23.4. The molecular formula is C36H38N4O. The lowest BCUT2D eigenvalue weighted by Crippen LogP contribution is -2.49. The van der Waals surface area contributed by atoms with Crippen molar-refractivity contribution in [3.8, 4) is 6.07 Å². The maximum atomic E-state index is 12.6. The van der Waals surface area contributed by atoms with E-state index in [1.807, 2.05) is 97.1 Å². The lowest BCUT2D eigenvalue weighted by atomic mass is 9.65. The van der Waals surface area contributed by atoms with Gasteiger partial charge in [-0.1, -0.05) is 121 Å². The summed E-state index contributed by atoms with van der Waals surface area (Å²) in [6.45, 7) is 3.64. The van der Waals surface area contributed by atoms with E-state index < -0.39 is 10.8 Å². The van der Waals surface area contributed by atoms with E-state index in [0.29, 0.717) is 5.92 Å². The summed E-state index contributed by atoms with van der Waals surface area (Å²) in [4.78, 5) is 12.6. The molecule has 208 valence electrons. The van der Waals surface area contributed by atoms with E-state index in [1.165, 1.54) is 0 Å². The molecule has 6 rings (SSSR count). The highest BCUT2D eigenvalue weighted by atomic mass is 16.1. The van der Waals surface area contributed by atoms with Gasteiger partial charge in [-0.05, 0) is 66.6 Å². The number of primary amides is 1. The molecule has 41 heavy (non-hydrogen) atoms. The van der Waals surface area contributed by atoms with Crippen molar-refractivity contribution in [2.45, 2.75) is 23.7 Å². The molecule has 0 bridgehead atoms. The normalized spacial score (nSPS) is 18.6. The summed E-state index contributed by atoms with van der Waals surface area (Å²) in [6, 6.07) is 42.9. The van der Waals surface area contributed by atoms with Crippen LogP contribution in [0.3, 0.4) is 0 Å². The Labute approximate surface area is 243 Å². The number of carbonyl (C=O) groups excluding carboxylic acids is 1. The van der Waals surface area contributed by atoms with Gasteiger partial charge in [0.2, 0.25) is 5.91 Å². The second-order valence-electron chi connectivity index (χ2n) is 10.9. The third-order valence-electron chi connectivity index (χ3n) is 8.83. The van der Waals surface area contributed by atoms with Crippen LogP contribution in [-0.2, 0) is 15.6 Å². The molecule has 0 saturated carbocycles. The summed E-state index contributed by atoms with van der Waals surface area (Å²) in [5.74, 6) is 0.228. The first kappa shape index (κ1) is 28.3. The van der Waals surface area contributed by atoms with E-state index in [4.69, 9.17) is 5.73 Å². The first-order chi connectivity index (χ1) is 20.1. The highest BCUT2D eigenvalue weighted by Crippen LogP contribution is 2.43. The minimum absolute atomic E-state index is 0.180. The quantitative estimate of drug-likeness (QED) is 0.300. The van der Waals surface area contributed by atoms with Gasteiger partial charge < -0.3 is 16.4 Å². The van der Waals surface area contributed by atoms with E-state index in [2.05, 4.69) is 41.0 Å². The summed E-state index contributed by atoms with van der Waals surface area (Å²) in [7, 11) is 0. The fourth-order valence-electron chi connectivity index (χ4n) is 6.83. The maximum Gasteiger partial charge on any atom is 0.232 e. The molecule has 2 aliphatic rings. The molecule has 0 radical (unpaired) electrons. The summed E-state index contributed by atoms with van der Waals surface area (Å²) < 4.78 is 0. The van der Waals surface area contributed by atoms with Crippen molar-refractivity contribution < 1.29 is 4.79 Å². The number of amides is 1. The minimum Gasteiger partial charge on any atom is -0.369 e. The van der Waals surface area contributed by atoms with Crippen molar-refractivity contribution in [1.82, 2.24) is 10.6 Å². The van der Waals surface area contributed by atoms with Crippen LogP contribution in [0.5, 0.6) is 0 Å². The zero-order valence-electron chi connectivity index (χ0n) is 23.4. The smallest absolute Gasteiger partial charge is 0.232 e. The maximum absolute atomic E-state index is 12.6. The number of rotatable bonds is 7. The molecule has 5 nitrogen and oxygen atoms in total. The lowest BCUT2D eigenvalue weighted by molar-refractivity contribution is -0.123. The Kier molecular flexibility index (Phi) is 8.94. The number of hydrogen-bond donors (Lipinski definition) is 3. The summed E-state index contributed by atoms with van der Waals surface area (Å²) >= 11 is 0. The van der Waals surface area contributed by atoms with Gasteiger partial charge in [-0.3, -0.25) is 4.79 Å². The third kappa shape index (κ3) is 5.41. The molecule has 1 amide bonds. The second-order valence-corrected chi connectivity index (χ2v) is 10.9. The highest BCUT2D eigenvalue weighted by molar-refractivity contribution is 5.91. The van der Waals surface area contributed by atoms with Crippen molar-refractivity contribution in [2.24, 2.45) is 17.6 Å². The second kappa shape index (κ2) is 13.0. The Morgan fingerprint density at radius 2 is 1.00 bits per heavy atom. The topological polar surface area (TPSA) is 90.9 Å². The minimum atomic E-state index is -0.758. The molecule has 2 fully saturated rings. The van der Waals surface area contributed by atoms with E-state index in [0.717, 1.165) is 61.3 Å². The predicted octanol–water partition coefficient (Wildman–Crippen LogP) is 5.17. The van der Waals surface area contributed by atoms with Crippen molar-refractivity contribution in [2.75, 3.05) is 26.2 Å². The number of carbonyl (C=O) groups is 1. The molecular weight excluding hydrogens is 504 g/mol. The van der Waals surface area contributed by atoms with Crippen molar-refractivity contribution in [1.29, 1.82) is 5.26 Å². The largest absolute Gasteiger partial charge is 0.369 e. The van der Waals surface area contributed by atoms with Gasteiger partial charge in [-0.25, -0.2) is 0 Å². The predicted molar refractivity (Wildman–Crippen MR) is 164 cm³/mol. The number of nitrogens with two attached hydrogens (primary N) is 1. The summed E-state index contributed by atoms with van der Waals surface area (Å²) in [5.41, 5.74) is 8.81. The Hall–Kier alpha value is -4.24. The molecule has 4 aromatic rings. The van der Waals surface area contributed by atoms with Crippen molar-refractivity contribution in [3.05, 3.63) is 144 Å². The molecule has 2 heterocycles. The zero-order chi connectivity index (χ0) is 28.5. The molecule has 2 saturated heterocycles. The third-order valence-corrected chi connectivity index (χ3v) is 8.83. The Morgan fingerprint density at radius 1 is 0.634 bits per heavy atom. The fraction of sp³-hybridized carbons (Fsp3) is 0.278. The molecule has 5 heteroatoms. The Bertz CT molecular complexity index is 1340. The van der Waals surface area contributed by atoms with Crippen LogP contribution in [0.1, 0.15) is 35.1 Å². The number of hydrogen-bond acceptors (Lipinski definition) is 4. The molecule has 2 aliphatic heterocycles. The van der Waals surface area contributed by atoms with Crippen molar-refractivity contribution >= 4 is 5.91 Å². The first-order valence-corrected chi connectivity index (χ1v) is 14.5. The Morgan fingerprint density at radius 3 is 1.32 bits per heavy atom. The van der Waals surface area contributed by atoms with Crippen LogP contribution >= 0.6 is 0 Å². The van der Waals surface area contributed by atoms with Crippen LogP contribution in [0, 0.1) is 23.2 Å². The molecule has 4 N–H and O–H groups in total. The van der Waals surface area contributed by atoms with Crippen LogP contribution in [0.2, 0.25) is 0 Å². The van der Waals surface area contributed by atoms with Crippen LogP contribution in [-0.4, -0.2) is 32.1 Å². The van der Waals surface area contributed by atoms with Gasteiger partial charge in [0.15, 0.2) is 0 Å². The van der Waals surface area contributed by atoms with Crippen molar-refractivity contribution in [3.63, 3.8) is 0 Å². The highest BCUT2D eigenvalue weighted by Gasteiger charge is 2.48. The Balaban J connectivity index is 0.000000165. The van der Waals surface area contributed by atoms with Crippen LogP contribution in [0.25, 0.3) is 0 Å². The van der Waals surface area contributed by atoms with Crippen LogP contribution < -0.4 is 16.4 Å². The molecule has 0 unspecified atom stereocenters. The molecule has 2 atom stereocenters. The molecule has 0 aliphatic carbocycles.